The fourth-order valence-corrected chi connectivity index (χ4v) is 3.50. The van der Waals surface area contributed by atoms with E-state index in [1.54, 1.807) is 6.92 Å². The van der Waals surface area contributed by atoms with Crippen LogP contribution < -0.4 is 0 Å². The maximum Gasteiger partial charge on any atom is 0.306 e. The fourth-order valence-electron chi connectivity index (χ4n) is 3.32. The molecule has 2 aromatic carbocycles. The fraction of sp³-hybridized carbons (Fsp3) is 0.381. The largest absolute Gasteiger partial charge is 0.481 e. The first-order valence-corrected chi connectivity index (χ1v) is 9.09. The molecule has 0 amide bonds. The Hall–Kier alpha value is -1.84. The number of halogens is 1. The Bertz CT molecular complexity index is 729. The van der Waals surface area contributed by atoms with Crippen LogP contribution in [0.4, 0.5) is 0 Å². The quantitative estimate of drug-likeness (QED) is 0.751. The van der Waals surface area contributed by atoms with E-state index in [1.807, 2.05) is 36.4 Å². The topological polar surface area (TPSA) is 46.5 Å². The van der Waals surface area contributed by atoms with E-state index < -0.39 is 11.9 Å². The number of benzene rings is 2. The van der Waals surface area contributed by atoms with Crippen molar-refractivity contribution in [1.29, 1.82) is 0 Å². The van der Waals surface area contributed by atoms with Crippen LogP contribution in [0, 0.1) is 5.92 Å². The first kappa shape index (κ1) is 18.0. The minimum Gasteiger partial charge on any atom is -0.481 e. The molecule has 0 heterocycles. The Morgan fingerprint density at radius 1 is 1.24 bits per heavy atom. The number of carbonyl (C=O) groups is 1. The third-order valence-electron chi connectivity index (χ3n) is 4.97. The molecule has 132 valence electrons. The molecular weight excluding hydrogens is 336 g/mol. The lowest BCUT2D eigenvalue weighted by Crippen LogP contribution is -2.33. The van der Waals surface area contributed by atoms with Crippen molar-refractivity contribution in [3.63, 3.8) is 0 Å². The standard InChI is InChI=1S/C21H23ClO3/c1-14(21(23)24)11-16-7-8-17(22)12-19(16)18-9-10-20(18)25-13-15-5-3-2-4-6-15/h2-8,12,14,18,20H,9-11,13H2,1H3,(H,23,24)/t14-,18?,20?/m1/s1. The third-order valence-corrected chi connectivity index (χ3v) is 5.21. The lowest BCUT2D eigenvalue weighted by atomic mass is 9.74. The first-order chi connectivity index (χ1) is 12.0. The Kier molecular flexibility index (Phi) is 5.77. The van der Waals surface area contributed by atoms with Crippen molar-refractivity contribution in [2.75, 3.05) is 0 Å². The van der Waals surface area contributed by atoms with Crippen molar-refractivity contribution >= 4 is 17.6 Å². The highest BCUT2D eigenvalue weighted by molar-refractivity contribution is 6.30. The average Bonchev–Trinajstić information content (AvgIpc) is 2.57. The van der Waals surface area contributed by atoms with Crippen LogP contribution in [0.2, 0.25) is 5.02 Å². The molecule has 1 aliphatic carbocycles. The van der Waals surface area contributed by atoms with Crippen molar-refractivity contribution in [3.8, 4) is 0 Å². The molecular formula is C21H23ClO3. The SMILES string of the molecule is C[C@H](Cc1ccc(Cl)cc1C1CCC1OCc1ccccc1)C(=O)O. The zero-order valence-corrected chi connectivity index (χ0v) is 15.1. The van der Waals surface area contributed by atoms with Gasteiger partial charge >= 0.3 is 5.97 Å². The minimum absolute atomic E-state index is 0.164. The minimum atomic E-state index is -0.772. The van der Waals surface area contributed by atoms with Gasteiger partial charge in [0.2, 0.25) is 0 Å². The molecule has 0 radical (unpaired) electrons. The van der Waals surface area contributed by atoms with E-state index in [0.29, 0.717) is 24.0 Å². The summed E-state index contributed by atoms with van der Waals surface area (Å²) in [5.41, 5.74) is 3.38. The number of rotatable bonds is 7. The van der Waals surface area contributed by atoms with Gasteiger partial charge in [0.1, 0.15) is 0 Å². The van der Waals surface area contributed by atoms with E-state index >= 15 is 0 Å². The summed E-state index contributed by atoms with van der Waals surface area (Å²) in [6.07, 6.45) is 2.76. The molecule has 1 saturated carbocycles. The molecule has 3 rings (SSSR count). The van der Waals surface area contributed by atoms with Crippen LogP contribution in [0.5, 0.6) is 0 Å². The summed E-state index contributed by atoms with van der Waals surface area (Å²) >= 11 is 6.20. The van der Waals surface area contributed by atoms with Crippen LogP contribution in [0.15, 0.2) is 48.5 Å². The van der Waals surface area contributed by atoms with Gasteiger partial charge in [-0.05, 0) is 48.1 Å². The van der Waals surface area contributed by atoms with Crippen LogP contribution >= 0.6 is 11.6 Å². The highest BCUT2D eigenvalue weighted by atomic mass is 35.5. The molecule has 25 heavy (non-hydrogen) atoms. The van der Waals surface area contributed by atoms with Gasteiger partial charge in [-0.2, -0.15) is 0 Å². The van der Waals surface area contributed by atoms with Gasteiger partial charge in [0.15, 0.2) is 0 Å². The van der Waals surface area contributed by atoms with E-state index in [1.165, 1.54) is 5.56 Å². The summed E-state index contributed by atoms with van der Waals surface area (Å²) in [5.74, 6) is -0.895. The van der Waals surface area contributed by atoms with E-state index in [4.69, 9.17) is 16.3 Å². The van der Waals surface area contributed by atoms with E-state index in [2.05, 4.69) is 12.1 Å². The lowest BCUT2D eigenvalue weighted by molar-refractivity contribution is -0.141. The Morgan fingerprint density at radius 3 is 2.64 bits per heavy atom. The van der Waals surface area contributed by atoms with Gasteiger partial charge in [-0.15, -0.1) is 0 Å². The summed E-state index contributed by atoms with van der Waals surface area (Å²) in [6.45, 7) is 2.34. The molecule has 0 bridgehead atoms. The molecule has 3 atom stereocenters. The number of hydrogen-bond donors (Lipinski definition) is 1. The number of ether oxygens (including phenoxy) is 1. The monoisotopic (exact) mass is 358 g/mol. The molecule has 0 spiro atoms. The van der Waals surface area contributed by atoms with Gasteiger partial charge in [0.25, 0.3) is 0 Å². The van der Waals surface area contributed by atoms with Crippen molar-refractivity contribution in [1.82, 2.24) is 0 Å². The summed E-state index contributed by atoms with van der Waals surface area (Å²) < 4.78 is 6.12. The van der Waals surface area contributed by atoms with Gasteiger partial charge < -0.3 is 9.84 Å². The smallest absolute Gasteiger partial charge is 0.306 e. The number of carboxylic acids is 1. The van der Waals surface area contributed by atoms with E-state index in [9.17, 15) is 9.90 Å². The molecule has 2 unspecified atom stereocenters. The predicted molar refractivity (Wildman–Crippen MR) is 98.9 cm³/mol. The maximum absolute atomic E-state index is 11.2. The van der Waals surface area contributed by atoms with Crippen molar-refractivity contribution in [3.05, 3.63) is 70.2 Å². The van der Waals surface area contributed by atoms with Crippen LogP contribution in [0.3, 0.4) is 0 Å². The second kappa shape index (κ2) is 8.03. The normalized spacial score (nSPS) is 20.7. The molecule has 3 nitrogen and oxygen atoms in total. The predicted octanol–water partition coefficient (Wildman–Crippen LogP) is 5.07. The Morgan fingerprint density at radius 2 is 2.00 bits per heavy atom. The molecule has 2 aromatic rings. The summed E-state index contributed by atoms with van der Waals surface area (Å²) in [5, 5.41) is 9.90. The van der Waals surface area contributed by atoms with Crippen molar-refractivity contribution in [2.24, 2.45) is 5.92 Å². The molecule has 0 saturated heterocycles. The molecule has 1 fully saturated rings. The molecule has 4 heteroatoms. The zero-order valence-electron chi connectivity index (χ0n) is 14.3. The molecule has 0 aromatic heterocycles. The Labute approximate surface area is 153 Å². The second-order valence-corrected chi connectivity index (χ2v) is 7.24. The van der Waals surface area contributed by atoms with Crippen LogP contribution in [-0.2, 0) is 22.6 Å². The van der Waals surface area contributed by atoms with Gasteiger partial charge in [-0.25, -0.2) is 0 Å². The number of hydrogen-bond acceptors (Lipinski definition) is 2. The van der Waals surface area contributed by atoms with Crippen LogP contribution in [-0.4, -0.2) is 17.2 Å². The van der Waals surface area contributed by atoms with Gasteiger partial charge in [-0.3, -0.25) is 4.79 Å². The highest BCUT2D eigenvalue weighted by Gasteiger charge is 2.34. The number of aliphatic carboxylic acids is 1. The highest BCUT2D eigenvalue weighted by Crippen LogP contribution is 2.42. The van der Waals surface area contributed by atoms with Gasteiger partial charge in [-0.1, -0.05) is 54.9 Å². The van der Waals surface area contributed by atoms with Crippen molar-refractivity contribution in [2.45, 2.75) is 44.8 Å². The first-order valence-electron chi connectivity index (χ1n) is 8.71. The van der Waals surface area contributed by atoms with E-state index in [0.717, 1.165) is 24.0 Å². The van der Waals surface area contributed by atoms with Crippen molar-refractivity contribution < 1.29 is 14.6 Å². The molecule has 1 N–H and O–H groups in total. The summed E-state index contributed by atoms with van der Waals surface area (Å²) in [6, 6.07) is 15.9. The summed E-state index contributed by atoms with van der Waals surface area (Å²) in [4.78, 5) is 11.2. The van der Waals surface area contributed by atoms with E-state index in [-0.39, 0.29) is 6.10 Å². The molecule has 1 aliphatic rings. The maximum atomic E-state index is 11.2. The number of carboxylic acid groups (broad SMARTS) is 1. The lowest BCUT2D eigenvalue weighted by Gasteiger charge is -2.38. The third kappa shape index (κ3) is 4.42. The van der Waals surface area contributed by atoms with Crippen LogP contribution in [0.1, 0.15) is 42.4 Å². The van der Waals surface area contributed by atoms with Crippen LogP contribution in [0.25, 0.3) is 0 Å². The van der Waals surface area contributed by atoms with Gasteiger partial charge in [0, 0.05) is 10.9 Å². The summed E-state index contributed by atoms with van der Waals surface area (Å²) in [7, 11) is 0. The molecule has 0 aliphatic heterocycles. The average molecular weight is 359 g/mol. The Balaban J connectivity index is 1.72. The van der Waals surface area contributed by atoms with Gasteiger partial charge in [0.05, 0.1) is 18.6 Å². The second-order valence-electron chi connectivity index (χ2n) is 6.81. The zero-order chi connectivity index (χ0) is 17.8.